The molecule has 0 fully saturated rings. The van der Waals surface area contributed by atoms with Gasteiger partial charge in [0.25, 0.3) is 0 Å². The number of aliphatic hydroxyl groups is 1. The lowest BCUT2D eigenvalue weighted by molar-refractivity contribution is -0.118. The molecule has 0 radical (unpaired) electrons. The van der Waals surface area contributed by atoms with Gasteiger partial charge in [-0.3, -0.25) is 4.79 Å². The van der Waals surface area contributed by atoms with E-state index < -0.39 is 0 Å². The molecule has 0 aromatic rings. The van der Waals surface area contributed by atoms with Gasteiger partial charge in [-0.2, -0.15) is 0 Å². The maximum Gasteiger partial charge on any atom is 0.217 e. The lowest BCUT2D eigenvalue weighted by Crippen LogP contribution is -2.09. The molecule has 210 valence electrons. The Bertz CT molecular complexity index is 408. The Morgan fingerprint density at radius 1 is 0.514 bits per heavy atom. The Kier molecular flexibility index (Phi) is 29.2. The number of hydrogen-bond acceptors (Lipinski definition) is 2. The Morgan fingerprint density at radius 3 is 1.00 bits per heavy atom. The fourth-order valence-electron chi connectivity index (χ4n) is 5.22. The zero-order valence-corrected chi connectivity index (χ0v) is 24.0. The third-order valence-electron chi connectivity index (χ3n) is 7.87. The van der Waals surface area contributed by atoms with Crippen LogP contribution in [0.25, 0.3) is 0 Å². The summed E-state index contributed by atoms with van der Waals surface area (Å²) in [6, 6.07) is 0. The summed E-state index contributed by atoms with van der Waals surface area (Å²) in [5.74, 6) is 0.394. The molecule has 0 spiro atoms. The highest BCUT2D eigenvalue weighted by Gasteiger charge is 2.03. The molecule has 0 aliphatic carbocycles. The van der Waals surface area contributed by atoms with Gasteiger partial charge in [-0.05, 0) is 18.8 Å². The van der Waals surface area contributed by atoms with Crippen LogP contribution in [0, 0.1) is 5.92 Å². The summed E-state index contributed by atoms with van der Waals surface area (Å²) in [6.07, 6.45) is 37.5. The lowest BCUT2D eigenvalue weighted by Gasteiger charge is -2.10. The van der Waals surface area contributed by atoms with Gasteiger partial charge in [0.15, 0.2) is 0 Å². The van der Waals surface area contributed by atoms with Crippen molar-refractivity contribution in [2.24, 2.45) is 11.7 Å². The lowest BCUT2D eigenvalue weighted by atomic mass is 9.98. The summed E-state index contributed by atoms with van der Waals surface area (Å²) < 4.78 is 0. The number of rotatable bonds is 30. The van der Waals surface area contributed by atoms with E-state index in [9.17, 15) is 9.90 Å². The molecule has 0 aromatic heterocycles. The maximum atomic E-state index is 10.7. The van der Waals surface area contributed by atoms with E-state index in [4.69, 9.17) is 5.73 Å². The van der Waals surface area contributed by atoms with Gasteiger partial charge >= 0.3 is 0 Å². The van der Waals surface area contributed by atoms with Gasteiger partial charge in [0.05, 0.1) is 0 Å². The molecule has 0 bridgehead atoms. The van der Waals surface area contributed by atoms with E-state index in [-0.39, 0.29) is 5.91 Å². The van der Waals surface area contributed by atoms with Crippen molar-refractivity contribution in [1.82, 2.24) is 0 Å². The molecule has 0 rings (SSSR count). The number of nitrogens with two attached hydrogens (primary N) is 1. The standard InChI is InChI=1S/C32H65NO2/c1-2-31(30-34)28-26-24-22-20-18-16-14-12-10-8-6-4-3-5-7-9-11-13-15-17-19-21-23-25-27-29-32(33)35/h31,34H,2-30H2,1H3,(H2,33,35). The van der Waals surface area contributed by atoms with Crippen molar-refractivity contribution in [3.05, 3.63) is 0 Å². The third-order valence-corrected chi connectivity index (χ3v) is 7.87. The van der Waals surface area contributed by atoms with Crippen molar-refractivity contribution in [2.45, 2.75) is 187 Å². The molecule has 0 heterocycles. The monoisotopic (exact) mass is 496 g/mol. The molecule has 3 nitrogen and oxygen atoms in total. The van der Waals surface area contributed by atoms with E-state index in [1.165, 1.54) is 154 Å². The van der Waals surface area contributed by atoms with Crippen LogP contribution in [0.1, 0.15) is 187 Å². The number of carbonyl (C=O) groups is 1. The van der Waals surface area contributed by atoms with Crippen LogP contribution < -0.4 is 5.73 Å². The van der Waals surface area contributed by atoms with E-state index in [0.717, 1.165) is 19.3 Å². The van der Waals surface area contributed by atoms with Crippen LogP contribution in [0.15, 0.2) is 0 Å². The molecular formula is C32H65NO2. The van der Waals surface area contributed by atoms with Crippen molar-refractivity contribution < 1.29 is 9.90 Å². The molecule has 1 unspecified atom stereocenters. The van der Waals surface area contributed by atoms with Crippen LogP contribution in [-0.2, 0) is 4.79 Å². The summed E-state index contributed by atoms with van der Waals surface area (Å²) in [7, 11) is 0. The van der Waals surface area contributed by atoms with Crippen molar-refractivity contribution >= 4 is 5.91 Å². The van der Waals surface area contributed by atoms with E-state index >= 15 is 0 Å². The largest absolute Gasteiger partial charge is 0.396 e. The van der Waals surface area contributed by atoms with E-state index in [1.54, 1.807) is 0 Å². The fourth-order valence-corrected chi connectivity index (χ4v) is 5.22. The molecule has 0 saturated heterocycles. The minimum Gasteiger partial charge on any atom is -0.396 e. The second-order valence-electron chi connectivity index (χ2n) is 11.3. The van der Waals surface area contributed by atoms with Crippen molar-refractivity contribution in [3.63, 3.8) is 0 Å². The molecule has 0 aliphatic rings. The molecule has 0 aliphatic heterocycles. The number of unbranched alkanes of at least 4 members (excludes halogenated alkanes) is 24. The second kappa shape index (κ2) is 29.7. The number of aliphatic hydroxyl groups excluding tert-OH is 1. The van der Waals surface area contributed by atoms with Crippen LogP contribution in [0.3, 0.4) is 0 Å². The average molecular weight is 496 g/mol. The van der Waals surface area contributed by atoms with E-state index in [1.807, 2.05) is 0 Å². The van der Waals surface area contributed by atoms with Gasteiger partial charge in [-0.15, -0.1) is 0 Å². The summed E-state index contributed by atoms with van der Waals surface area (Å²) >= 11 is 0. The molecule has 3 N–H and O–H groups in total. The minimum absolute atomic E-state index is 0.152. The Labute approximate surface area is 220 Å². The van der Waals surface area contributed by atoms with Gasteiger partial charge in [0.1, 0.15) is 0 Å². The topological polar surface area (TPSA) is 63.3 Å². The molecule has 1 atom stereocenters. The molecule has 35 heavy (non-hydrogen) atoms. The molecule has 0 saturated carbocycles. The Hall–Kier alpha value is -0.570. The van der Waals surface area contributed by atoms with Crippen LogP contribution in [-0.4, -0.2) is 17.6 Å². The minimum atomic E-state index is -0.152. The molecule has 0 aromatic carbocycles. The van der Waals surface area contributed by atoms with Gasteiger partial charge < -0.3 is 10.8 Å². The zero-order chi connectivity index (χ0) is 25.7. The van der Waals surface area contributed by atoms with E-state index in [2.05, 4.69) is 6.92 Å². The average Bonchev–Trinajstić information content (AvgIpc) is 2.85. The summed E-state index contributed by atoms with van der Waals surface area (Å²) in [6.45, 7) is 2.57. The van der Waals surface area contributed by atoms with Crippen LogP contribution in [0.2, 0.25) is 0 Å². The third kappa shape index (κ3) is 29.5. The first-order valence-corrected chi connectivity index (χ1v) is 16.1. The molecular weight excluding hydrogens is 430 g/mol. The van der Waals surface area contributed by atoms with Crippen molar-refractivity contribution in [1.29, 1.82) is 0 Å². The Balaban J connectivity index is 3.06. The van der Waals surface area contributed by atoms with Crippen molar-refractivity contribution in [3.8, 4) is 0 Å². The highest BCUT2D eigenvalue weighted by Crippen LogP contribution is 2.17. The highest BCUT2D eigenvalue weighted by molar-refractivity contribution is 5.73. The number of primary amides is 1. The highest BCUT2D eigenvalue weighted by atomic mass is 16.3. The fraction of sp³-hybridized carbons (Fsp3) is 0.969. The van der Waals surface area contributed by atoms with Gasteiger partial charge in [0, 0.05) is 13.0 Å². The Morgan fingerprint density at radius 2 is 0.771 bits per heavy atom. The SMILES string of the molecule is CCC(CO)CCCCCCCCCCCCCCCCCCCCCCCCCCCC(N)=O. The maximum absolute atomic E-state index is 10.7. The first-order chi connectivity index (χ1) is 17.2. The summed E-state index contributed by atoms with van der Waals surface area (Å²) in [5, 5.41) is 9.22. The molecule has 1 amide bonds. The smallest absolute Gasteiger partial charge is 0.217 e. The number of hydrogen-bond donors (Lipinski definition) is 2. The van der Waals surface area contributed by atoms with Crippen LogP contribution in [0.5, 0.6) is 0 Å². The second-order valence-corrected chi connectivity index (χ2v) is 11.3. The van der Waals surface area contributed by atoms with E-state index in [0.29, 0.717) is 18.9 Å². The number of carbonyl (C=O) groups excluding carboxylic acids is 1. The van der Waals surface area contributed by atoms with Crippen molar-refractivity contribution in [2.75, 3.05) is 6.61 Å². The summed E-state index contributed by atoms with van der Waals surface area (Å²) in [5.41, 5.74) is 5.16. The van der Waals surface area contributed by atoms with Gasteiger partial charge in [-0.1, -0.05) is 167 Å². The predicted octanol–water partition coefficient (Wildman–Crippen LogP) is 10.0. The normalized spacial score (nSPS) is 12.3. The van der Waals surface area contributed by atoms with Gasteiger partial charge in [0.2, 0.25) is 5.91 Å². The van der Waals surface area contributed by atoms with Crippen LogP contribution >= 0.6 is 0 Å². The zero-order valence-electron chi connectivity index (χ0n) is 24.0. The quantitative estimate of drug-likeness (QED) is 0.0973. The first-order valence-electron chi connectivity index (χ1n) is 16.1. The molecule has 3 heteroatoms. The first kappa shape index (κ1) is 34.4. The predicted molar refractivity (Wildman–Crippen MR) is 155 cm³/mol. The van der Waals surface area contributed by atoms with Gasteiger partial charge in [-0.25, -0.2) is 0 Å². The number of amides is 1. The summed E-state index contributed by atoms with van der Waals surface area (Å²) in [4.78, 5) is 10.7. The van der Waals surface area contributed by atoms with Crippen LogP contribution in [0.4, 0.5) is 0 Å².